The van der Waals surface area contributed by atoms with Gasteiger partial charge in [0.25, 0.3) is 5.56 Å². The summed E-state index contributed by atoms with van der Waals surface area (Å²) in [6.45, 7) is 1.38. The Hall–Kier alpha value is -1.51. The number of nitrogens with zero attached hydrogens (tertiary/aromatic N) is 2. The van der Waals surface area contributed by atoms with Gasteiger partial charge in [0.1, 0.15) is 5.69 Å². The topological polar surface area (TPSA) is 122 Å². The number of rotatable bonds is 2. The number of hydrogen-bond donors (Lipinski definition) is 4. The number of aromatic amines is 1. The quantitative estimate of drug-likeness (QED) is 0.597. The molecule has 3 heterocycles. The van der Waals surface area contributed by atoms with Gasteiger partial charge in [-0.2, -0.15) is 4.98 Å². The highest BCUT2D eigenvalue weighted by atomic mass is 35.5. The Kier molecular flexibility index (Phi) is 4.36. The van der Waals surface area contributed by atoms with Gasteiger partial charge in [0.2, 0.25) is 5.95 Å². The highest BCUT2D eigenvalue weighted by molar-refractivity contribution is 5.85. The van der Waals surface area contributed by atoms with E-state index in [1.54, 1.807) is 0 Å². The van der Waals surface area contributed by atoms with Crippen molar-refractivity contribution in [3.63, 3.8) is 0 Å². The van der Waals surface area contributed by atoms with Crippen LogP contribution in [0.5, 0.6) is 0 Å². The van der Waals surface area contributed by atoms with Gasteiger partial charge in [-0.05, 0) is 19.3 Å². The molecule has 1 aromatic rings. The first kappa shape index (κ1) is 14.9. The minimum Gasteiger partial charge on any atom is -0.376 e. The van der Waals surface area contributed by atoms with Crippen LogP contribution in [0.15, 0.2) is 4.79 Å². The second kappa shape index (κ2) is 5.86. The van der Waals surface area contributed by atoms with Crippen molar-refractivity contribution in [3.05, 3.63) is 10.4 Å². The summed E-state index contributed by atoms with van der Waals surface area (Å²) in [7, 11) is 0. The molecule has 0 bridgehead atoms. The minimum absolute atomic E-state index is 0. The van der Waals surface area contributed by atoms with Crippen molar-refractivity contribution in [2.24, 2.45) is 5.73 Å². The first-order valence-corrected chi connectivity index (χ1v) is 6.45. The van der Waals surface area contributed by atoms with Gasteiger partial charge in [0, 0.05) is 13.2 Å². The summed E-state index contributed by atoms with van der Waals surface area (Å²) in [4.78, 5) is 20.2. The second-order valence-corrected chi connectivity index (χ2v) is 4.88. The summed E-state index contributed by atoms with van der Waals surface area (Å²) in [5.41, 5.74) is 11.6. The lowest BCUT2D eigenvalue weighted by Crippen LogP contribution is -2.47. The molecule has 6 N–H and O–H groups in total. The summed E-state index contributed by atoms with van der Waals surface area (Å²) in [5, 5.41) is 2.92. The van der Waals surface area contributed by atoms with Crippen molar-refractivity contribution in [1.82, 2.24) is 9.97 Å². The summed E-state index contributed by atoms with van der Waals surface area (Å²) in [6, 6.07) is 0. The van der Waals surface area contributed by atoms with E-state index in [0.29, 0.717) is 18.1 Å². The van der Waals surface area contributed by atoms with Crippen LogP contribution in [0.25, 0.3) is 0 Å². The predicted molar refractivity (Wildman–Crippen MR) is 79.1 cm³/mol. The van der Waals surface area contributed by atoms with E-state index in [0.717, 1.165) is 25.9 Å². The largest absolute Gasteiger partial charge is 0.376 e. The van der Waals surface area contributed by atoms with Crippen LogP contribution < -0.4 is 27.2 Å². The molecule has 0 aliphatic carbocycles. The second-order valence-electron chi connectivity index (χ2n) is 4.88. The molecule has 8 nitrogen and oxygen atoms in total. The maximum absolute atomic E-state index is 11.8. The average molecular weight is 303 g/mol. The fourth-order valence-corrected chi connectivity index (χ4v) is 2.54. The average Bonchev–Trinajstić information content (AvgIpc) is 2.69. The predicted octanol–water partition coefficient (Wildman–Crippen LogP) is -0.183. The van der Waals surface area contributed by atoms with Gasteiger partial charge in [-0.1, -0.05) is 0 Å². The third-order valence-corrected chi connectivity index (χ3v) is 3.49. The van der Waals surface area contributed by atoms with Crippen molar-refractivity contribution in [2.45, 2.75) is 31.7 Å². The van der Waals surface area contributed by atoms with Crippen molar-refractivity contribution < 1.29 is 4.74 Å². The molecular weight excluding hydrogens is 284 g/mol. The van der Waals surface area contributed by atoms with Crippen molar-refractivity contribution in [3.8, 4) is 0 Å². The van der Waals surface area contributed by atoms with Gasteiger partial charge in [-0.3, -0.25) is 15.5 Å². The van der Waals surface area contributed by atoms with Crippen LogP contribution in [0.3, 0.4) is 0 Å². The Morgan fingerprint density at radius 2 is 2.25 bits per heavy atom. The lowest BCUT2D eigenvalue weighted by Gasteiger charge is -2.30. The fourth-order valence-electron chi connectivity index (χ4n) is 2.54. The number of nitrogens with two attached hydrogens (primary N) is 2. The third-order valence-electron chi connectivity index (χ3n) is 3.49. The van der Waals surface area contributed by atoms with E-state index in [9.17, 15) is 4.79 Å². The first-order valence-electron chi connectivity index (χ1n) is 6.45. The Morgan fingerprint density at radius 1 is 1.45 bits per heavy atom. The van der Waals surface area contributed by atoms with Crippen LogP contribution in [-0.4, -0.2) is 35.5 Å². The number of halogens is 1. The molecule has 0 amide bonds. The number of aromatic nitrogens is 2. The Balaban J connectivity index is 0.00000147. The molecule has 0 spiro atoms. The van der Waals surface area contributed by atoms with Crippen LogP contribution in [0.4, 0.5) is 17.5 Å². The SMILES string of the molecule is Cl.Nc1nc2c(c(=O)[nH]1)NC(N)N2CC1CCCCO1. The lowest BCUT2D eigenvalue weighted by molar-refractivity contribution is 0.0204. The van der Waals surface area contributed by atoms with Crippen molar-refractivity contribution in [2.75, 3.05) is 29.1 Å². The number of fused-ring (bicyclic) bond motifs is 1. The van der Waals surface area contributed by atoms with Crippen LogP contribution in [-0.2, 0) is 4.74 Å². The molecule has 2 aliphatic heterocycles. The van der Waals surface area contributed by atoms with Crippen LogP contribution in [0, 0.1) is 0 Å². The zero-order valence-electron chi connectivity index (χ0n) is 11.0. The maximum Gasteiger partial charge on any atom is 0.277 e. The molecule has 1 saturated heterocycles. The molecule has 9 heteroatoms. The van der Waals surface area contributed by atoms with Gasteiger partial charge in [-0.25, -0.2) is 0 Å². The van der Waals surface area contributed by atoms with E-state index in [4.69, 9.17) is 16.2 Å². The molecule has 1 fully saturated rings. The number of anilines is 3. The zero-order chi connectivity index (χ0) is 13.4. The summed E-state index contributed by atoms with van der Waals surface area (Å²) in [6.07, 6.45) is 2.89. The minimum atomic E-state index is -0.476. The molecule has 0 saturated carbocycles. The molecular formula is C11H19ClN6O2. The van der Waals surface area contributed by atoms with Gasteiger partial charge in [0.15, 0.2) is 12.1 Å². The van der Waals surface area contributed by atoms with Crippen LogP contribution in [0.2, 0.25) is 0 Å². The van der Waals surface area contributed by atoms with Crippen molar-refractivity contribution >= 4 is 29.9 Å². The van der Waals surface area contributed by atoms with Gasteiger partial charge >= 0.3 is 0 Å². The number of H-pyrrole nitrogens is 1. The number of nitrogens with one attached hydrogen (secondary N) is 2. The van der Waals surface area contributed by atoms with Crippen LogP contribution in [0.1, 0.15) is 19.3 Å². The number of nitrogen functional groups attached to an aromatic ring is 1. The smallest absolute Gasteiger partial charge is 0.277 e. The van der Waals surface area contributed by atoms with Gasteiger partial charge < -0.3 is 20.7 Å². The third kappa shape index (κ3) is 2.67. The molecule has 2 atom stereocenters. The normalized spacial score (nSPS) is 24.8. The highest BCUT2D eigenvalue weighted by Crippen LogP contribution is 2.29. The molecule has 1 aromatic heterocycles. The molecule has 20 heavy (non-hydrogen) atoms. The molecule has 3 rings (SSSR count). The first-order chi connectivity index (χ1) is 9.15. The molecule has 2 unspecified atom stereocenters. The Morgan fingerprint density at radius 3 is 2.95 bits per heavy atom. The van der Waals surface area contributed by atoms with Crippen LogP contribution >= 0.6 is 12.4 Å². The Bertz CT molecular complexity index is 530. The fraction of sp³-hybridized carbons (Fsp3) is 0.636. The summed E-state index contributed by atoms with van der Waals surface area (Å²) in [5.74, 6) is 0.595. The molecule has 0 radical (unpaired) electrons. The standard InChI is InChI=1S/C11H18N6O2.ClH/c12-10-15-8-7(9(18)16-10)14-11(13)17(8)5-6-3-1-2-4-19-6;/h6,11,14H,1-5,13H2,(H3,12,15,16,18);1H. The summed E-state index contributed by atoms with van der Waals surface area (Å²) >= 11 is 0. The molecule has 2 aliphatic rings. The number of hydrogen-bond acceptors (Lipinski definition) is 7. The van der Waals surface area contributed by atoms with E-state index in [2.05, 4.69) is 15.3 Å². The van der Waals surface area contributed by atoms with Crippen molar-refractivity contribution in [1.29, 1.82) is 0 Å². The van der Waals surface area contributed by atoms with E-state index >= 15 is 0 Å². The van der Waals surface area contributed by atoms with Gasteiger partial charge in [0.05, 0.1) is 6.10 Å². The molecule has 0 aromatic carbocycles. The Labute approximate surface area is 122 Å². The van der Waals surface area contributed by atoms with E-state index in [-0.39, 0.29) is 30.0 Å². The monoisotopic (exact) mass is 302 g/mol. The van der Waals surface area contributed by atoms with Gasteiger partial charge in [-0.15, -0.1) is 12.4 Å². The lowest BCUT2D eigenvalue weighted by atomic mass is 10.1. The van der Waals surface area contributed by atoms with E-state index < -0.39 is 6.29 Å². The summed E-state index contributed by atoms with van der Waals surface area (Å²) < 4.78 is 5.69. The van der Waals surface area contributed by atoms with E-state index in [1.165, 1.54) is 0 Å². The number of ether oxygens (including phenoxy) is 1. The molecule has 112 valence electrons. The zero-order valence-corrected chi connectivity index (χ0v) is 11.8. The highest BCUT2D eigenvalue weighted by Gasteiger charge is 2.32. The van der Waals surface area contributed by atoms with E-state index in [1.807, 2.05) is 4.90 Å². The maximum atomic E-state index is 11.8.